The normalized spacial score (nSPS) is 25.8. The van der Waals surface area contributed by atoms with Gasteiger partial charge in [0.1, 0.15) is 5.75 Å². The van der Waals surface area contributed by atoms with Gasteiger partial charge in [0.25, 0.3) is 10.2 Å². The van der Waals surface area contributed by atoms with Crippen LogP contribution in [0.3, 0.4) is 0 Å². The lowest BCUT2D eigenvalue weighted by molar-refractivity contribution is 0.0931. The average Bonchev–Trinajstić information content (AvgIpc) is 2.99. The molecule has 1 atom stereocenters. The molecule has 2 saturated heterocycles. The maximum absolute atomic E-state index is 12.4. The largest absolute Gasteiger partial charge is 0.497 e. The zero-order valence-electron chi connectivity index (χ0n) is 15.4. The second-order valence-electron chi connectivity index (χ2n) is 7.54. The lowest BCUT2D eigenvalue weighted by Gasteiger charge is -2.40. The Kier molecular flexibility index (Phi) is 5.39. The van der Waals surface area contributed by atoms with Gasteiger partial charge in [-0.05, 0) is 48.9 Å². The van der Waals surface area contributed by atoms with Crippen LogP contribution in [0.4, 0.5) is 0 Å². The fourth-order valence-electron chi connectivity index (χ4n) is 4.13. The van der Waals surface area contributed by atoms with E-state index < -0.39 is 10.2 Å². The van der Waals surface area contributed by atoms with Crippen LogP contribution in [-0.2, 0) is 16.8 Å². The van der Waals surface area contributed by atoms with Crippen molar-refractivity contribution >= 4 is 10.2 Å². The Balaban J connectivity index is 1.67. The Morgan fingerprint density at radius 2 is 2.00 bits per heavy atom. The molecule has 0 saturated carbocycles. The summed E-state index contributed by atoms with van der Waals surface area (Å²) in [4.78, 5) is 2.46. The maximum Gasteiger partial charge on any atom is 0.281 e. The summed E-state index contributed by atoms with van der Waals surface area (Å²) in [5.41, 5.74) is 1.34. The number of benzene rings is 1. The third-order valence-electron chi connectivity index (χ3n) is 5.47. The van der Waals surface area contributed by atoms with Gasteiger partial charge in [0.15, 0.2) is 0 Å². The highest BCUT2D eigenvalue weighted by Gasteiger charge is 2.45. The highest BCUT2D eigenvalue weighted by Crippen LogP contribution is 2.40. The second-order valence-corrected chi connectivity index (χ2v) is 9.68. The summed E-state index contributed by atoms with van der Waals surface area (Å²) in [7, 11) is 1.60. The highest BCUT2D eigenvalue weighted by molar-refractivity contribution is 7.86. The average molecular weight is 368 g/mol. The van der Waals surface area contributed by atoms with Crippen molar-refractivity contribution in [2.45, 2.75) is 25.8 Å². The zero-order valence-corrected chi connectivity index (χ0v) is 16.3. The topological polar surface area (TPSA) is 53.1 Å². The molecule has 140 valence electrons. The number of hydrogen-bond acceptors (Lipinski definition) is 4. The molecule has 2 aliphatic rings. The molecule has 2 fully saturated rings. The van der Waals surface area contributed by atoms with E-state index in [2.05, 4.69) is 17.0 Å². The van der Waals surface area contributed by atoms with Crippen molar-refractivity contribution in [3.8, 4) is 5.75 Å². The minimum atomic E-state index is -3.31. The number of hydrogen-bond donors (Lipinski definition) is 0. The van der Waals surface area contributed by atoms with Gasteiger partial charge < -0.3 is 4.74 Å². The Morgan fingerprint density at radius 1 is 1.20 bits per heavy atom. The third-order valence-corrected chi connectivity index (χ3v) is 7.36. The maximum atomic E-state index is 12.4. The van der Waals surface area contributed by atoms with Crippen LogP contribution in [0.2, 0.25) is 0 Å². The fourth-order valence-corrected chi connectivity index (χ4v) is 5.35. The van der Waals surface area contributed by atoms with Gasteiger partial charge >= 0.3 is 0 Å². The first-order valence-electron chi connectivity index (χ1n) is 8.88. The van der Waals surface area contributed by atoms with Crippen LogP contribution in [0.5, 0.6) is 5.75 Å². The molecule has 0 unspecified atom stereocenters. The van der Waals surface area contributed by atoms with Crippen LogP contribution in [0.25, 0.3) is 0 Å². The molecule has 0 N–H and O–H groups in total. The Morgan fingerprint density at radius 3 is 2.72 bits per heavy atom. The lowest BCUT2D eigenvalue weighted by atomic mass is 9.79. The Hall–Kier alpha value is -1.15. The monoisotopic (exact) mass is 367 g/mol. The molecule has 2 aliphatic heterocycles. The summed E-state index contributed by atoms with van der Waals surface area (Å²) in [6.45, 7) is 4.19. The van der Waals surface area contributed by atoms with E-state index >= 15 is 0 Å². The number of piperidine rings is 1. The quantitative estimate of drug-likeness (QED) is 0.796. The van der Waals surface area contributed by atoms with E-state index in [-0.39, 0.29) is 5.41 Å². The van der Waals surface area contributed by atoms with Gasteiger partial charge in [-0.25, -0.2) is 0 Å². The van der Waals surface area contributed by atoms with Gasteiger partial charge in [0.05, 0.1) is 7.11 Å². The third kappa shape index (κ3) is 4.00. The van der Waals surface area contributed by atoms with Gasteiger partial charge in [-0.2, -0.15) is 17.0 Å². The van der Waals surface area contributed by atoms with Gasteiger partial charge in [0.2, 0.25) is 0 Å². The smallest absolute Gasteiger partial charge is 0.281 e. The number of likely N-dealkylation sites (tertiary alicyclic amines) is 1. The molecule has 0 radical (unpaired) electrons. The Labute approximate surface area is 151 Å². The lowest BCUT2D eigenvalue weighted by Crippen LogP contribution is -2.46. The molecular weight excluding hydrogens is 338 g/mol. The molecule has 1 spiro atoms. The van der Waals surface area contributed by atoms with E-state index in [0.717, 1.165) is 44.6 Å². The predicted molar refractivity (Wildman–Crippen MR) is 98.7 cm³/mol. The molecule has 1 aromatic rings. The first-order valence-corrected chi connectivity index (χ1v) is 10.3. The van der Waals surface area contributed by atoms with Crippen LogP contribution < -0.4 is 4.74 Å². The molecule has 2 heterocycles. The van der Waals surface area contributed by atoms with E-state index in [4.69, 9.17) is 4.74 Å². The minimum Gasteiger partial charge on any atom is -0.497 e. The zero-order chi connectivity index (χ0) is 18.1. The van der Waals surface area contributed by atoms with Crippen molar-refractivity contribution in [3.63, 3.8) is 0 Å². The summed E-state index contributed by atoms with van der Waals surface area (Å²) in [6, 6.07) is 8.19. The number of rotatable bonds is 5. The molecule has 0 bridgehead atoms. The number of methoxy groups -OCH3 is 1. The minimum absolute atomic E-state index is 0.0974. The second kappa shape index (κ2) is 7.23. The summed E-state index contributed by atoms with van der Waals surface area (Å²) < 4.78 is 33.1. The number of nitrogens with zero attached hydrogens (tertiary/aromatic N) is 3. The van der Waals surface area contributed by atoms with E-state index in [1.807, 2.05) is 12.1 Å². The Bertz CT molecular complexity index is 707. The van der Waals surface area contributed by atoms with Crippen molar-refractivity contribution in [1.29, 1.82) is 0 Å². The predicted octanol–water partition coefficient (Wildman–Crippen LogP) is 1.79. The standard InChI is InChI=1S/C18H29N3O3S/c1-19(2)25(22,23)21-11-9-18(15-21)8-5-10-20(14-18)13-16-6-4-7-17(12-16)24-3/h4,6-7,12H,5,8-11,13-15H2,1-3H3/t18-/m1/s1. The first kappa shape index (κ1) is 18.6. The summed E-state index contributed by atoms with van der Waals surface area (Å²) in [5, 5.41) is 0. The van der Waals surface area contributed by atoms with E-state index in [9.17, 15) is 8.42 Å². The van der Waals surface area contributed by atoms with Crippen LogP contribution >= 0.6 is 0 Å². The first-order chi connectivity index (χ1) is 11.8. The van der Waals surface area contributed by atoms with Gasteiger partial charge in [-0.15, -0.1) is 0 Å². The molecule has 25 heavy (non-hydrogen) atoms. The van der Waals surface area contributed by atoms with Gasteiger partial charge in [-0.1, -0.05) is 12.1 Å². The molecule has 7 heteroatoms. The number of ether oxygens (including phenoxy) is 1. The van der Waals surface area contributed by atoms with Crippen molar-refractivity contribution in [1.82, 2.24) is 13.5 Å². The molecule has 0 aliphatic carbocycles. The van der Waals surface area contributed by atoms with Crippen LogP contribution in [0.1, 0.15) is 24.8 Å². The van der Waals surface area contributed by atoms with Crippen LogP contribution in [0, 0.1) is 5.41 Å². The highest BCUT2D eigenvalue weighted by atomic mass is 32.2. The van der Waals surface area contributed by atoms with Gasteiger partial charge in [-0.3, -0.25) is 4.90 Å². The van der Waals surface area contributed by atoms with E-state index in [0.29, 0.717) is 13.1 Å². The fraction of sp³-hybridized carbons (Fsp3) is 0.667. The van der Waals surface area contributed by atoms with Crippen molar-refractivity contribution in [3.05, 3.63) is 29.8 Å². The summed E-state index contributed by atoms with van der Waals surface area (Å²) in [5.74, 6) is 0.883. The van der Waals surface area contributed by atoms with Crippen molar-refractivity contribution in [2.24, 2.45) is 5.41 Å². The summed E-state index contributed by atoms with van der Waals surface area (Å²) >= 11 is 0. The van der Waals surface area contributed by atoms with Gasteiger partial charge in [0, 0.05) is 40.3 Å². The van der Waals surface area contributed by atoms with Crippen molar-refractivity contribution in [2.75, 3.05) is 47.4 Å². The van der Waals surface area contributed by atoms with Crippen LogP contribution in [-0.4, -0.2) is 69.3 Å². The molecule has 6 nitrogen and oxygen atoms in total. The summed E-state index contributed by atoms with van der Waals surface area (Å²) in [6.07, 6.45) is 3.19. The molecular formula is C18H29N3O3S. The molecule has 0 aromatic heterocycles. The van der Waals surface area contributed by atoms with Crippen LogP contribution in [0.15, 0.2) is 24.3 Å². The van der Waals surface area contributed by atoms with Crippen molar-refractivity contribution < 1.29 is 13.2 Å². The molecule has 3 rings (SSSR count). The van der Waals surface area contributed by atoms with E-state index in [1.54, 1.807) is 25.5 Å². The molecule has 0 amide bonds. The van der Waals surface area contributed by atoms with E-state index in [1.165, 1.54) is 9.87 Å². The SMILES string of the molecule is COc1cccc(CN2CCC[C@@]3(CCN(S(=O)(=O)N(C)C)C3)C2)c1. The molecule has 1 aromatic carbocycles.